The Bertz CT molecular complexity index is 537. The lowest BCUT2D eigenvalue weighted by molar-refractivity contribution is 0.0892. The van der Waals surface area contributed by atoms with E-state index in [9.17, 15) is 9.90 Å². The van der Waals surface area contributed by atoms with Gasteiger partial charge in [0.25, 0.3) is 0 Å². The predicted molar refractivity (Wildman–Crippen MR) is 70.2 cm³/mol. The summed E-state index contributed by atoms with van der Waals surface area (Å²) in [4.78, 5) is 11.2. The van der Waals surface area contributed by atoms with E-state index in [2.05, 4.69) is 5.10 Å². The normalized spacial score (nSPS) is 12.1. The van der Waals surface area contributed by atoms with Gasteiger partial charge in [-0.15, -0.1) is 0 Å². The first-order valence-corrected chi connectivity index (χ1v) is 6.04. The Kier molecular flexibility index (Phi) is 4.30. The highest BCUT2D eigenvalue weighted by atomic mass is 16.5. The summed E-state index contributed by atoms with van der Waals surface area (Å²) in [5.74, 6) is 0.565. The largest absolute Gasteiger partial charge is 0.491 e. The van der Waals surface area contributed by atoms with E-state index < -0.39 is 6.10 Å². The standard InChI is InChI=1S/C14H16N2O3/c1-11(17)12-4-2-5-14(8-12)19-10-13(18)9-16-7-3-6-15-16/h2-8,13,18H,9-10H2,1H3. The molecule has 1 N–H and O–H groups in total. The monoisotopic (exact) mass is 260 g/mol. The van der Waals surface area contributed by atoms with Crippen LogP contribution in [0.1, 0.15) is 17.3 Å². The predicted octanol–water partition coefficient (Wildman–Crippen LogP) is 1.53. The second-order valence-corrected chi connectivity index (χ2v) is 4.28. The van der Waals surface area contributed by atoms with Crippen molar-refractivity contribution < 1.29 is 14.6 Å². The van der Waals surface area contributed by atoms with Crippen molar-refractivity contribution >= 4 is 5.78 Å². The molecule has 5 heteroatoms. The van der Waals surface area contributed by atoms with Gasteiger partial charge in [0.05, 0.1) is 6.54 Å². The number of ether oxygens (including phenoxy) is 1. The van der Waals surface area contributed by atoms with Crippen LogP contribution in [0.5, 0.6) is 5.75 Å². The molecule has 1 aromatic carbocycles. The number of hydrogen-bond acceptors (Lipinski definition) is 4. The van der Waals surface area contributed by atoms with E-state index in [0.717, 1.165) is 0 Å². The lowest BCUT2D eigenvalue weighted by atomic mass is 10.1. The van der Waals surface area contributed by atoms with Crippen molar-refractivity contribution in [2.24, 2.45) is 0 Å². The third-order valence-corrected chi connectivity index (χ3v) is 2.64. The second kappa shape index (κ2) is 6.15. The zero-order chi connectivity index (χ0) is 13.7. The zero-order valence-electron chi connectivity index (χ0n) is 10.7. The fourth-order valence-electron chi connectivity index (χ4n) is 1.67. The Morgan fingerprint density at radius 2 is 2.32 bits per heavy atom. The minimum absolute atomic E-state index is 0.0115. The molecule has 0 aliphatic heterocycles. The van der Waals surface area contributed by atoms with Crippen LogP contribution in [0.25, 0.3) is 0 Å². The molecule has 2 aromatic rings. The Morgan fingerprint density at radius 3 is 3.00 bits per heavy atom. The molecule has 1 unspecified atom stereocenters. The van der Waals surface area contributed by atoms with Gasteiger partial charge in [-0.1, -0.05) is 12.1 Å². The average molecular weight is 260 g/mol. The third-order valence-electron chi connectivity index (χ3n) is 2.64. The Hall–Kier alpha value is -2.14. The maximum absolute atomic E-state index is 11.2. The van der Waals surface area contributed by atoms with Gasteiger partial charge in [0.2, 0.25) is 0 Å². The Labute approximate surface area is 111 Å². The number of carbonyl (C=O) groups excluding carboxylic acids is 1. The van der Waals surface area contributed by atoms with E-state index in [-0.39, 0.29) is 12.4 Å². The number of ketones is 1. The summed E-state index contributed by atoms with van der Waals surface area (Å²) in [5.41, 5.74) is 0.596. The van der Waals surface area contributed by atoms with Crippen LogP contribution >= 0.6 is 0 Å². The molecule has 19 heavy (non-hydrogen) atoms. The smallest absolute Gasteiger partial charge is 0.159 e. The summed E-state index contributed by atoms with van der Waals surface area (Å²) >= 11 is 0. The molecule has 0 amide bonds. The van der Waals surface area contributed by atoms with E-state index in [0.29, 0.717) is 17.9 Å². The molecule has 5 nitrogen and oxygen atoms in total. The number of hydrogen-bond donors (Lipinski definition) is 1. The number of aromatic nitrogens is 2. The van der Waals surface area contributed by atoms with Crippen molar-refractivity contribution in [1.82, 2.24) is 9.78 Å². The fourth-order valence-corrected chi connectivity index (χ4v) is 1.67. The van der Waals surface area contributed by atoms with Crippen LogP contribution in [0, 0.1) is 0 Å². The number of Topliss-reactive ketones (excluding diaryl/α,β-unsaturated/α-hetero) is 1. The fraction of sp³-hybridized carbons (Fsp3) is 0.286. The summed E-state index contributed by atoms with van der Waals surface area (Å²) in [6, 6.07) is 8.71. The lowest BCUT2D eigenvalue weighted by Crippen LogP contribution is -2.23. The van der Waals surface area contributed by atoms with Crippen LogP contribution < -0.4 is 4.74 Å². The van der Waals surface area contributed by atoms with Crippen molar-refractivity contribution in [3.05, 3.63) is 48.3 Å². The summed E-state index contributed by atoms with van der Waals surface area (Å²) in [6.45, 7) is 2.03. The molecule has 0 bridgehead atoms. The van der Waals surface area contributed by atoms with Crippen LogP contribution in [0.15, 0.2) is 42.7 Å². The summed E-state index contributed by atoms with van der Waals surface area (Å²) in [6.07, 6.45) is 2.78. The van der Waals surface area contributed by atoms with Crippen LogP contribution in [-0.4, -0.2) is 33.4 Å². The van der Waals surface area contributed by atoms with Crippen LogP contribution in [0.2, 0.25) is 0 Å². The number of rotatable bonds is 6. The van der Waals surface area contributed by atoms with E-state index in [4.69, 9.17) is 4.74 Å². The molecule has 0 aliphatic carbocycles. The van der Waals surface area contributed by atoms with Crippen LogP contribution in [-0.2, 0) is 6.54 Å². The number of benzene rings is 1. The van der Waals surface area contributed by atoms with Crippen molar-refractivity contribution in [3.8, 4) is 5.75 Å². The van der Waals surface area contributed by atoms with Gasteiger partial charge >= 0.3 is 0 Å². The quantitative estimate of drug-likeness (QED) is 0.800. The maximum atomic E-state index is 11.2. The van der Waals surface area contributed by atoms with Crippen LogP contribution in [0.4, 0.5) is 0 Å². The minimum atomic E-state index is -0.652. The van der Waals surface area contributed by atoms with Crippen molar-refractivity contribution in [1.29, 1.82) is 0 Å². The number of carbonyl (C=O) groups is 1. The van der Waals surface area contributed by atoms with Gasteiger partial charge in [0.15, 0.2) is 5.78 Å². The highest BCUT2D eigenvalue weighted by molar-refractivity contribution is 5.94. The van der Waals surface area contributed by atoms with Crippen molar-refractivity contribution in [3.63, 3.8) is 0 Å². The molecule has 0 spiro atoms. The molecular weight excluding hydrogens is 244 g/mol. The molecule has 0 radical (unpaired) electrons. The van der Waals surface area contributed by atoms with Gasteiger partial charge in [-0.05, 0) is 25.1 Å². The first-order chi connectivity index (χ1) is 9.15. The van der Waals surface area contributed by atoms with Gasteiger partial charge in [-0.3, -0.25) is 9.48 Å². The summed E-state index contributed by atoms with van der Waals surface area (Å²) < 4.78 is 7.10. The molecule has 0 aliphatic rings. The van der Waals surface area contributed by atoms with E-state index >= 15 is 0 Å². The lowest BCUT2D eigenvalue weighted by Gasteiger charge is -2.12. The molecule has 0 saturated carbocycles. The van der Waals surface area contributed by atoms with E-state index in [1.807, 2.05) is 0 Å². The minimum Gasteiger partial charge on any atom is -0.491 e. The third kappa shape index (κ3) is 3.93. The highest BCUT2D eigenvalue weighted by Crippen LogP contribution is 2.14. The molecule has 100 valence electrons. The SMILES string of the molecule is CC(=O)c1cccc(OCC(O)Cn2cccn2)c1. The van der Waals surface area contributed by atoms with Gasteiger partial charge in [-0.25, -0.2) is 0 Å². The number of aliphatic hydroxyl groups excluding tert-OH is 1. The number of nitrogens with zero attached hydrogens (tertiary/aromatic N) is 2. The Balaban J connectivity index is 1.88. The van der Waals surface area contributed by atoms with Crippen LogP contribution in [0.3, 0.4) is 0 Å². The van der Waals surface area contributed by atoms with Crippen molar-refractivity contribution in [2.45, 2.75) is 19.6 Å². The molecule has 1 heterocycles. The van der Waals surface area contributed by atoms with Crippen molar-refractivity contribution in [2.75, 3.05) is 6.61 Å². The zero-order valence-corrected chi connectivity index (χ0v) is 10.7. The van der Waals surface area contributed by atoms with Gasteiger partial charge in [-0.2, -0.15) is 5.10 Å². The first-order valence-electron chi connectivity index (χ1n) is 6.04. The molecule has 1 aromatic heterocycles. The maximum Gasteiger partial charge on any atom is 0.159 e. The van der Waals surface area contributed by atoms with Gasteiger partial charge < -0.3 is 9.84 Å². The molecular formula is C14H16N2O3. The highest BCUT2D eigenvalue weighted by Gasteiger charge is 2.07. The topological polar surface area (TPSA) is 64.3 Å². The molecule has 0 fully saturated rings. The Morgan fingerprint density at radius 1 is 1.47 bits per heavy atom. The molecule has 1 atom stereocenters. The molecule has 0 saturated heterocycles. The summed E-state index contributed by atoms with van der Waals surface area (Å²) in [7, 11) is 0. The second-order valence-electron chi connectivity index (χ2n) is 4.28. The van der Waals surface area contributed by atoms with Gasteiger partial charge in [0.1, 0.15) is 18.5 Å². The van der Waals surface area contributed by atoms with E-state index in [1.54, 1.807) is 47.4 Å². The average Bonchev–Trinajstić information content (AvgIpc) is 2.89. The summed E-state index contributed by atoms with van der Waals surface area (Å²) in [5, 5.41) is 13.8. The van der Waals surface area contributed by atoms with E-state index in [1.165, 1.54) is 6.92 Å². The first kappa shape index (κ1) is 13.3. The van der Waals surface area contributed by atoms with Gasteiger partial charge in [0, 0.05) is 18.0 Å². The number of aliphatic hydroxyl groups is 1. The molecule has 2 rings (SSSR count).